The third-order valence-corrected chi connectivity index (χ3v) is 5.20. The first-order valence-corrected chi connectivity index (χ1v) is 10.0. The lowest BCUT2D eigenvalue weighted by molar-refractivity contribution is 0.588. The smallest absolute Gasteiger partial charge is 0.240 e. The summed E-state index contributed by atoms with van der Waals surface area (Å²) in [6.45, 7) is 3.47. The van der Waals surface area contributed by atoms with Gasteiger partial charge in [0, 0.05) is 6.54 Å². The lowest BCUT2D eigenvalue weighted by atomic mass is 10.1. The number of rotatable bonds is 11. The van der Waals surface area contributed by atoms with E-state index in [9.17, 15) is 8.42 Å². The predicted molar refractivity (Wildman–Crippen MR) is 99.4 cm³/mol. The Kier molecular flexibility index (Phi) is 9.41. The van der Waals surface area contributed by atoms with Crippen molar-refractivity contribution in [2.75, 3.05) is 13.6 Å². The van der Waals surface area contributed by atoms with Crippen LogP contribution in [0.4, 0.5) is 0 Å². The average molecular weight is 355 g/mol. The molecule has 0 fully saturated rings. The van der Waals surface area contributed by atoms with Gasteiger partial charge in [0.1, 0.15) is 0 Å². The molecule has 0 atom stereocenters. The molecule has 0 aliphatic heterocycles. The van der Waals surface area contributed by atoms with E-state index in [-0.39, 0.29) is 4.90 Å². The number of hydrogen-bond donors (Lipinski definition) is 3. The summed E-state index contributed by atoms with van der Waals surface area (Å²) >= 11 is 0. The summed E-state index contributed by atoms with van der Waals surface area (Å²) in [5.74, 6) is 0.426. The Labute approximate surface area is 146 Å². The highest BCUT2D eigenvalue weighted by molar-refractivity contribution is 7.89. The van der Waals surface area contributed by atoms with Gasteiger partial charge in [0.15, 0.2) is 5.96 Å². The second kappa shape index (κ2) is 11.0. The molecule has 1 aromatic rings. The van der Waals surface area contributed by atoms with Crippen molar-refractivity contribution in [2.24, 2.45) is 10.7 Å². The van der Waals surface area contributed by atoms with Crippen molar-refractivity contribution in [2.45, 2.75) is 56.9 Å². The van der Waals surface area contributed by atoms with E-state index in [0.29, 0.717) is 12.5 Å². The van der Waals surface area contributed by atoms with Crippen LogP contribution in [0.5, 0.6) is 0 Å². The molecule has 6 nitrogen and oxygen atoms in total. The standard InChI is InChI=1S/C17H30N4O2S/c1-3-4-5-6-7-8-13-20-17(18)21-14-15-9-11-16(12-10-15)24(22,23)19-2/h9-12,19H,3-8,13-14H2,1-2H3,(H3,18,20,21). The van der Waals surface area contributed by atoms with Crippen LogP contribution in [0.3, 0.4) is 0 Å². The fourth-order valence-corrected chi connectivity index (χ4v) is 2.98. The molecule has 1 aromatic carbocycles. The highest BCUT2D eigenvalue weighted by Crippen LogP contribution is 2.10. The monoisotopic (exact) mass is 354 g/mol. The second-order valence-electron chi connectivity index (χ2n) is 5.75. The van der Waals surface area contributed by atoms with Crippen molar-refractivity contribution < 1.29 is 8.42 Å². The van der Waals surface area contributed by atoms with Crippen LogP contribution in [0, 0.1) is 0 Å². The van der Waals surface area contributed by atoms with E-state index < -0.39 is 10.0 Å². The zero-order valence-corrected chi connectivity index (χ0v) is 15.5. The summed E-state index contributed by atoms with van der Waals surface area (Å²) in [6, 6.07) is 6.62. The first-order valence-electron chi connectivity index (χ1n) is 8.56. The Hall–Kier alpha value is -1.60. The van der Waals surface area contributed by atoms with Crippen LogP contribution in [0.25, 0.3) is 0 Å². The van der Waals surface area contributed by atoms with Crippen molar-refractivity contribution in [3.05, 3.63) is 29.8 Å². The lowest BCUT2D eigenvalue weighted by Crippen LogP contribution is -2.32. The Morgan fingerprint density at radius 2 is 1.71 bits per heavy atom. The average Bonchev–Trinajstić information content (AvgIpc) is 2.59. The number of nitrogens with two attached hydrogens (primary N) is 1. The number of aliphatic imine (C=N–C) groups is 1. The van der Waals surface area contributed by atoms with E-state index in [1.54, 1.807) is 24.3 Å². The van der Waals surface area contributed by atoms with Crippen LogP contribution in [0.15, 0.2) is 34.2 Å². The van der Waals surface area contributed by atoms with Gasteiger partial charge in [-0.25, -0.2) is 18.1 Å². The maximum absolute atomic E-state index is 11.6. The Morgan fingerprint density at radius 1 is 1.08 bits per heavy atom. The van der Waals surface area contributed by atoms with Crippen molar-refractivity contribution in [1.29, 1.82) is 0 Å². The zero-order valence-electron chi connectivity index (χ0n) is 14.7. The van der Waals surface area contributed by atoms with E-state index in [4.69, 9.17) is 5.73 Å². The molecule has 0 saturated heterocycles. The largest absolute Gasteiger partial charge is 0.370 e. The van der Waals surface area contributed by atoms with Crippen molar-refractivity contribution >= 4 is 16.0 Å². The number of nitrogens with zero attached hydrogens (tertiary/aromatic N) is 1. The minimum atomic E-state index is -3.39. The minimum absolute atomic E-state index is 0.242. The van der Waals surface area contributed by atoms with Crippen molar-refractivity contribution in [3.8, 4) is 0 Å². The van der Waals surface area contributed by atoms with Crippen LogP contribution in [0.1, 0.15) is 51.0 Å². The van der Waals surface area contributed by atoms with Gasteiger partial charge in [-0.3, -0.25) is 0 Å². The van der Waals surface area contributed by atoms with Gasteiger partial charge in [-0.2, -0.15) is 0 Å². The number of hydrogen-bond acceptors (Lipinski definition) is 3. The van der Waals surface area contributed by atoms with Gasteiger partial charge in [-0.15, -0.1) is 0 Å². The highest BCUT2D eigenvalue weighted by atomic mass is 32.2. The van der Waals surface area contributed by atoms with E-state index in [1.807, 2.05) is 0 Å². The van der Waals surface area contributed by atoms with E-state index >= 15 is 0 Å². The number of nitrogens with one attached hydrogen (secondary N) is 2. The summed E-state index contributed by atoms with van der Waals surface area (Å²) in [6.07, 6.45) is 7.46. The molecule has 136 valence electrons. The first-order chi connectivity index (χ1) is 11.5. The topological polar surface area (TPSA) is 96.6 Å². The van der Waals surface area contributed by atoms with E-state index in [0.717, 1.165) is 18.5 Å². The molecule has 0 radical (unpaired) electrons. The minimum Gasteiger partial charge on any atom is -0.370 e. The number of benzene rings is 1. The van der Waals surface area contributed by atoms with Crippen LogP contribution in [-0.2, 0) is 16.6 Å². The van der Waals surface area contributed by atoms with Gasteiger partial charge < -0.3 is 11.1 Å². The molecule has 1 rings (SSSR count). The fourth-order valence-electron chi connectivity index (χ4n) is 2.25. The first kappa shape index (κ1) is 20.4. The van der Waals surface area contributed by atoms with Crippen LogP contribution >= 0.6 is 0 Å². The molecular weight excluding hydrogens is 324 g/mol. The maximum atomic E-state index is 11.6. The van der Waals surface area contributed by atoms with E-state index in [2.05, 4.69) is 22.0 Å². The zero-order chi connectivity index (χ0) is 17.8. The normalized spacial score (nSPS) is 12.3. The van der Waals surface area contributed by atoms with Gasteiger partial charge >= 0.3 is 0 Å². The molecule has 24 heavy (non-hydrogen) atoms. The summed E-state index contributed by atoms with van der Waals surface area (Å²) in [5, 5.41) is 3.11. The predicted octanol–water partition coefficient (Wildman–Crippen LogP) is 2.36. The molecule has 0 spiro atoms. The van der Waals surface area contributed by atoms with Gasteiger partial charge in [0.25, 0.3) is 0 Å². The lowest BCUT2D eigenvalue weighted by Gasteiger charge is -2.06. The van der Waals surface area contributed by atoms with Gasteiger partial charge in [-0.05, 0) is 31.2 Å². The number of guanidine groups is 1. The summed E-state index contributed by atoms with van der Waals surface area (Å²) < 4.78 is 25.6. The molecular formula is C17H30N4O2S. The van der Waals surface area contributed by atoms with Crippen LogP contribution in [-0.4, -0.2) is 28.0 Å². The van der Waals surface area contributed by atoms with E-state index in [1.165, 1.54) is 39.2 Å². The molecule has 0 aliphatic carbocycles. The molecule has 0 aromatic heterocycles. The molecule has 0 unspecified atom stereocenters. The third kappa shape index (κ3) is 7.79. The van der Waals surface area contributed by atoms with Gasteiger partial charge in [0.05, 0.1) is 11.4 Å². The Bertz CT molecular complexity index is 598. The SMILES string of the molecule is CCCCCCCCNC(N)=NCc1ccc(S(=O)(=O)NC)cc1. The molecule has 0 saturated carbocycles. The molecule has 7 heteroatoms. The van der Waals surface area contributed by atoms with Gasteiger partial charge in [0.2, 0.25) is 10.0 Å². The third-order valence-electron chi connectivity index (χ3n) is 3.77. The van der Waals surface area contributed by atoms with Crippen molar-refractivity contribution in [1.82, 2.24) is 10.0 Å². The van der Waals surface area contributed by atoms with Crippen molar-refractivity contribution in [3.63, 3.8) is 0 Å². The molecule has 0 aliphatic rings. The number of sulfonamides is 1. The molecule has 0 heterocycles. The molecule has 0 amide bonds. The number of unbranched alkanes of at least 4 members (excludes halogenated alkanes) is 5. The Balaban J connectivity index is 2.32. The summed E-state index contributed by atoms with van der Waals surface area (Å²) in [4.78, 5) is 4.51. The highest BCUT2D eigenvalue weighted by Gasteiger charge is 2.10. The Morgan fingerprint density at radius 3 is 2.33 bits per heavy atom. The quantitative estimate of drug-likeness (QED) is 0.323. The molecule has 0 bridgehead atoms. The van der Waals surface area contributed by atoms with Gasteiger partial charge in [-0.1, -0.05) is 51.2 Å². The maximum Gasteiger partial charge on any atom is 0.240 e. The summed E-state index contributed by atoms with van der Waals surface area (Å²) in [7, 11) is -2.00. The van der Waals surface area contributed by atoms with Crippen LogP contribution < -0.4 is 15.8 Å². The second-order valence-corrected chi connectivity index (χ2v) is 7.63. The fraction of sp³-hybridized carbons (Fsp3) is 0.588. The molecule has 4 N–H and O–H groups in total. The summed E-state index contributed by atoms with van der Waals surface area (Å²) in [5.41, 5.74) is 6.75. The van der Waals surface area contributed by atoms with Crippen LogP contribution in [0.2, 0.25) is 0 Å².